The number of likely N-dealkylation sites (tertiary alicyclic amines) is 1. The van der Waals surface area contributed by atoms with Crippen LogP contribution >= 0.6 is 12.8 Å². The number of carbonyl (C=O) groups is 2. The summed E-state index contributed by atoms with van der Waals surface area (Å²) in [7, 11) is 0. The van der Waals surface area contributed by atoms with E-state index in [1.54, 1.807) is 9.42 Å². The molecule has 2 N–H and O–H groups in total. The molecular formula is C17H23N5O4S. The zero-order valence-electron chi connectivity index (χ0n) is 15.5. The largest absolute Gasteiger partial charge is 0.444 e. The van der Waals surface area contributed by atoms with Crippen molar-refractivity contribution in [2.45, 2.75) is 45.1 Å². The molecule has 0 aliphatic carbocycles. The van der Waals surface area contributed by atoms with E-state index in [1.165, 1.54) is 12.3 Å². The third-order valence-corrected chi connectivity index (χ3v) is 4.65. The second kappa shape index (κ2) is 7.26. The predicted octanol–water partition coefficient (Wildman–Crippen LogP) is 1.71. The highest BCUT2D eigenvalue weighted by Gasteiger charge is 2.29. The van der Waals surface area contributed by atoms with Gasteiger partial charge >= 0.3 is 6.09 Å². The lowest BCUT2D eigenvalue weighted by molar-refractivity contribution is 0.0203. The topological polar surface area (TPSA) is 109 Å². The van der Waals surface area contributed by atoms with Crippen molar-refractivity contribution in [3.05, 3.63) is 33.9 Å². The molecule has 1 fully saturated rings. The molecule has 2 aromatic heterocycles. The second-order valence-electron chi connectivity index (χ2n) is 7.56. The van der Waals surface area contributed by atoms with Crippen LogP contribution in [-0.2, 0) is 4.74 Å². The molecular weight excluding hydrogens is 370 g/mol. The highest BCUT2D eigenvalue weighted by molar-refractivity contribution is 7.78. The summed E-state index contributed by atoms with van der Waals surface area (Å²) in [6.07, 6.45) is 2.41. The van der Waals surface area contributed by atoms with E-state index in [1.807, 2.05) is 20.8 Å². The van der Waals surface area contributed by atoms with Crippen molar-refractivity contribution in [1.29, 1.82) is 0 Å². The number of rotatable bonds is 2. The van der Waals surface area contributed by atoms with E-state index < -0.39 is 11.5 Å². The van der Waals surface area contributed by atoms with Crippen LogP contribution < -0.4 is 10.3 Å². The van der Waals surface area contributed by atoms with Crippen molar-refractivity contribution in [3.8, 4) is 0 Å². The van der Waals surface area contributed by atoms with Gasteiger partial charge in [-0.15, -0.1) is 0 Å². The van der Waals surface area contributed by atoms with Crippen molar-refractivity contribution >= 4 is 30.5 Å². The number of hydrogen-bond acceptors (Lipinski definition) is 6. The van der Waals surface area contributed by atoms with Gasteiger partial charge in [-0.05, 0) is 33.6 Å². The Kier molecular flexibility index (Phi) is 5.18. The van der Waals surface area contributed by atoms with Gasteiger partial charge in [-0.25, -0.2) is 9.31 Å². The Bertz CT molecular complexity index is 922. The third kappa shape index (κ3) is 4.10. The van der Waals surface area contributed by atoms with E-state index >= 15 is 0 Å². The average Bonchev–Trinajstić information content (AvgIpc) is 3.02. The fraction of sp³-hybridized carbons (Fsp3) is 0.529. The van der Waals surface area contributed by atoms with Crippen molar-refractivity contribution in [2.24, 2.45) is 0 Å². The van der Waals surface area contributed by atoms with Gasteiger partial charge < -0.3 is 14.6 Å². The average molecular weight is 393 g/mol. The minimum absolute atomic E-state index is 0.0419. The SMILES string of the molecule is CC(C)(C)OC(=O)N1CCC(c2cc(=O)[nH]c3c(C(=O)NS)cnn23)CC1. The van der Waals surface area contributed by atoms with Gasteiger partial charge in [0, 0.05) is 25.1 Å². The number of nitrogens with one attached hydrogen (secondary N) is 2. The molecule has 10 heteroatoms. The number of nitrogens with zero attached hydrogens (tertiary/aromatic N) is 3. The molecule has 1 saturated heterocycles. The lowest BCUT2D eigenvalue weighted by atomic mass is 9.93. The summed E-state index contributed by atoms with van der Waals surface area (Å²) in [6, 6.07) is 1.50. The Balaban J connectivity index is 1.81. The molecule has 0 saturated carbocycles. The van der Waals surface area contributed by atoms with Crippen LogP contribution in [0.15, 0.2) is 17.1 Å². The number of piperidine rings is 1. The lowest BCUT2D eigenvalue weighted by Crippen LogP contribution is -2.41. The number of carbonyl (C=O) groups excluding carboxylic acids is 2. The van der Waals surface area contributed by atoms with Gasteiger partial charge in [0.1, 0.15) is 16.8 Å². The number of aromatic nitrogens is 3. The molecule has 0 radical (unpaired) electrons. The predicted molar refractivity (Wildman–Crippen MR) is 102 cm³/mol. The van der Waals surface area contributed by atoms with Crippen molar-refractivity contribution in [2.75, 3.05) is 13.1 Å². The zero-order chi connectivity index (χ0) is 19.8. The summed E-state index contributed by atoms with van der Waals surface area (Å²) in [5, 5.41) is 4.25. The summed E-state index contributed by atoms with van der Waals surface area (Å²) >= 11 is 3.76. The Morgan fingerprint density at radius 1 is 1.33 bits per heavy atom. The minimum Gasteiger partial charge on any atom is -0.444 e. The lowest BCUT2D eigenvalue weighted by Gasteiger charge is -2.33. The molecule has 0 atom stereocenters. The molecule has 0 spiro atoms. The van der Waals surface area contributed by atoms with Crippen LogP contribution in [-0.4, -0.2) is 50.2 Å². The molecule has 1 aliphatic heterocycles. The monoisotopic (exact) mass is 393 g/mol. The molecule has 2 amide bonds. The van der Waals surface area contributed by atoms with E-state index in [-0.39, 0.29) is 23.1 Å². The summed E-state index contributed by atoms with van der Waals surface area (Å²) in [5.74, 6) is -0.402. The normalized spacial score (nSPS) is 15.8. The molecule has 0 aromatic carbocycles. The van der Waals surface area contributed by atoms with E-state index in [4.69, 9.17) is 4.74 Å². The Morgan fingerprint density at radius 2 is 2.00 bits per heavy atom. The molecule has 27 heavy (non-hydrogen) atoms. The zero-order valence-corrected chi connectivity index (χ0v) is 16.4. The van der Waals surface area contributed by atoms with Gasteiger partial charge in [0.05, 0.1) is 11.9 Å². The van der Waals surface area contributed by atoms with Gasteiger partial charge in [-0.3, -0.25) is 14.3 Å². The molecule has 146 valence electrons. The number of aromatic amines is 1. The van der Waals surface area contributed by atoms with Crippen LogP contribution in [0.1, 0.15) is 55.6 Å². The van der Waals surface area contributed by atoms with Crippen LogP contribution in [0.2, 0.25) is 0 Å². The van der Waals surface area contributed by atoms with Crippen LogP contribution in [0.4, 0.5) is 4.79 Å². The first kappa shape index (κ1) is 19.3. The van der Waals surface area contributed by atoms with Gasteiger partial charge in [0.2, 0.25) is 0 Å². The van der Waals surface area contributed by atoms with Crippen molar-refractivity contribution < 1.29 is 14.3 Å². The smallest absolute Gasteiger partial charge is 0.410 e. The molecule has 0 bridgehead atoms. The highest BCUT2D eigenvalue weighted by atomic mass is 32.1. The van der Waals surface area contributed by atoms with Crippen molar-refractivity contribution in [3.63, 3.8) is 0 Å². The van der Waals surface area contributed by atoms with Crippen LogP contribution in [0, 0.1) is 0 Å². The molecule has 3 rings (SSSR count). The third-order valence-electron chi connectivity index (χ3n) is 4.45. The Hall–Kier alpha value is -2.49. The minimum atomic E-state index is -0.536. The summed E-state index contributed by atoms with van der Waals surface area (Å²) < 4.78 is 9.23. The molecule has 9 nitrogen and oxygen atoms in total. The molecule has 3 heterocycles. The van der Waals surface area contributed by atoms with Gasteiger partial charge in [-0.1, -0.05) is 12.8 Å². The van der Waals surface area contributed by atoms with Crippen LogP contribution in [0.25, 0.3) is 5.65 Å². The standard InChI is InChI=1S/C17H23N5O4S/c1-17(2,3)26-16(25)21-6-4-10(5-7-21)12-8-13(23)19-14-11(15(24)20-27)9-18-22(12)14/h8-10,27H,4-7H2,1-3H3,(H,19,23)(H,20,24). The maximum atomic E-state index is 12.2. The number of thiol groups is 1. The van der Waals surface area contributed by atoms with E-state index in [0.717, 1.165) is 5.69 Å². The summed E-state index contributed by atoms with van der Waals surface area (Å²) in [5.41, 5.74) is 0.455. The summed E-state index contributed by atoms with van der Waals surface area (Å²) in [4.78, 5) is 40.5. The van der Waals surface area contributed by atoms with Crippen LogP contribution in [0.3, 0.4) is 0 Å². The Morgan fingerprint density at radius 3 is 2.59 bits per heavy atom. The highest BCUT2D eigenvalue weighted by Crippen LogP contribution is 2.28. The maximum Gasteiger partial charge on any atom is 0.410 e. The quantitative estimate of drug-likeness (QED) is 0.673. The first-order chi connectivity index (χ1) is 12.7. The second-order valence-corrected chi connectivity index (χ2v) is 7.78. The molecule has 2 aromatic rings. The van der Waals surface area contributed by atoms with Gasteiger partial charge in [-0.2, -0.15) is 5.10 Å². The first-order valence-electron chi connectivity index (χ1n) is 8.73. The number of fused-ring (bicyclic) bond motifs is 1. The van der Waals surface area contributed by atoms with Crippen LogP contribution in [0.5, 0.6) is 0 Å². The van der Waals surface area contributed by atoms with E-state index in [9.17, 15) is 14.4 Å². The molecule has 1 aliphatic rings. The van der Waals surface area contributed by atoms with E-state index in [0.29, 0.717) is 31.6 Å². The number of amides is 2. The fourth-order valence-corrected chi connectivity index (χ4v) is 3.33. The maximum absolute atomic E-state index is 12.2. The van der Waals surface area contributed by atoms with Crippen molar-refractivity contribution in [1.82, 2.24) is 24.2 Å². The fourth-order valence-electron chi connectivity index (χ4n) is 3.21. The van der Waals surface area contributed by atoms with Gasteiger partial charge in [0.25, 0.3) is 11.5 Å². The number of H-pyrrole nitrogens is 1. The number of hydrogen-bond donors (Lipinski definition) is 3. The first-order valence-corrected chi connectivity index (χ1v) is 9.17. The summed E-state index contributed by atoms with van der Waals surface area (Å²) in [6.45, 7) is 6.56. The number of ether oxygens (including phenoxy) is 1. The Labute approximate surface area is 161 Å². The molecule has 0 unspecified atom stereocenters. The van der Waals surface area contributed by atoms with Gasteiger partial charge in [0.15, 0.2) is 0 Å². The van der Waals surface area contributed by atoms with E-state index in [2.05, 4.69) is 27.6 Å².